The van der Waals surface area contributed by atoms with E-state index in [2.05, 4.69) is 43.8 Å². The van der Waals surface area contributed by atoms with Gasteiger partial charge >= 0.3 is 0 Å². The van der Waals surface area contributed by atoms with Crippen LogP contribution >= 0.6 is 0 Å². The summed E-state index contributed by atoms with van der Waals surface area (Å²) in [5.74, 6) is 0. The van der Waals surface area contributed by atoms with Crippen molar-refractivity contribution in [2.24, 2.45) is 0 Å². The lowest BCUT2D eigenvalue weighted by atomic mass is 10.1. The van der Waals surface area contributed by atoms with Crippen LogP contribution in [0, 0.1) is 0 Å². The van der Waals surface area contributed by atoms with Gasteiger partial charge in [-0.1, -0.05) is 30.9 Å². The van der Waals surface area contributed by atoms with Crippen LogP contribution < -0.4 is 10.1 Å². The van der Waals surface area contributed by atoms with E-state index in [9.17, 15) is 0 Å². The topological polar surface area (TPSA) is 3.24 Å². The summed E-state index contributed by atoms with van der Waals surface area (Å²) in [5.41, 5.74) is 2.55. The summed E-state index contributed by atoms with van der Waals surface area (Å²) in [5, 5.41) is 1.43. The van der Waals surface area contributed by atoms with E-state index in [0.29, 0.717) is 0 Å². The Hall–Kier alpha value is -1.02. The molecule has 1 rings (SSSR count). The van der Waals surface area contributed by atoms with Gasteiger partial charge in [-0.2, -0.15) is 0 Å². The van der Waals surface area contributed by atoms with Crippen LogP contribution in [-0.2, 0) is 0 Å². The molecule has 1 aromatic rings. The van der Waals surface area contributed by atoms with E-state index in [-0.39, 0.29) is 0 Å². The second kappa shape index (κ2) is 3.58. The molecule has 12 heavy (non-hydrogen) atoms. The van der Waals surface area contributed by atoms with Crippen LogP contribution in [0.25, 0.3) is 6.08 Å². The van der Waals surface area contributed by atoms with E-state index >= 15 is 0 Å². The van der Waals surface area contributed by atoms with Crippen LogP contribution in [-0.4, -0.2) is 24.3 Å². The van der Waals surface area contributed by atoms with Gasteiger partial charge in [0.25, 0.3) is 0 Å². The molecule has 0 aliphatic rings. The average Bonchev–Trinajstić information content (AvgIpc) is 2.03. The minimum Gasteiger partial charge on any atom is -0.377 e. The Morgan fingerprint density at radius 2 is 2.08 bits per heavy atom. The van der Waals surface area contributed by atoms with Gasteiger partial charge in [0.1, 0.15) is 0 Å². The van der Waals surface area contributed by atoms with Crippen LogP contribution in [0.15, 0.2) is 24.8 Å². The molecular formula is C10H15NSi. The first-order chi connectivity index (χ1) is 5.66. The third kappa shape index (κ3) is 1.59. The van der Waals surface area contributed by atoms with Crippen molar-refractivity contribution in [1.29, 1.82) is 0 Å². The summed E-state index contributed by atoms with van der Waals surface area (Å²) in [7, 11) is 5.23. The molecule has 0 unspecified atom stereocenters. The maximum absolute atomic E-state index is 3.80. The number of nitrogens with zero attached hydrogens (tertiary/aromatic N) is 1. The minimum atomic E-state index is 1.09. The molecule has 1 nitrogen and oxygen atoms in total. The van der Waals surface area contributed by atoms with Gasteiger partial charge in [0, 0.05) is 30.0 Å². The van der Waals surface area contributed by atoms with Crippen LogP contribution in [0.4, 0.5) is 5.69 Å². The molecule has 0 saturated heterocycles. The zero-order valence-corrected chi connectivity index (χ0v) is 9.96. The number of hydrogen-bond acceptors (Lipinski definition) is 1. The van der Waals surface area contributed by atoms with Crippen molar-refractivity contribution in [2.75, 3.05) is 19.0 Å². The van der Waals surface area contributed by atoms with Crippen molar-refractivity contribution < 1.29 is 0 Å². The fourth-order valence-electron chi connectivity index (χ4n) is 1.46. The van der Waals surface area contributed by atoms with E-state index in [4.69, 9.17) is 0 Å². The molecule has 0 atom stereocenters. The van der Waals surface area contributed by atoms with Gasteiger partial charge in [0.15, 0.2) is 0 Å². The number of benzene rings is 1. The first kappa shape index (κ1) is 9.07. The van der Waals surface area contributed by atoms with Gasteiger partial charge in [-0.3, -0.25) is 0 Å². The molecule has 0 radical (unpaired) electrons. The Kier molecular flexibility index (Phi) is 2.71. The van der Waals surface area contributed by atoms with Gasteiger partial charge in [0.05, 0.1) is 0 Å². The van der Waals surface area contributed by atoms with Gasteiger partial charge in [-0.05, 0) is 10.8 Å². The predicted octanol–water partition coefficient (Wildman–Crippen LogP) is 0.386. The number of anilines is 1. The van der Waals surface area contributed by atoms with Crippen molar-refractivity contribution in [1.82, 2.24) is 0 Å². The monoisotopic (exact) mass is 177 g/mol. The maximum atomic E-state index is 3.80. The maximum Gasteiger partial charge on any atom is 0.0416 e. The number of rotatable bonds is 2. The summed E-state index contributed by atoms with van der Waals surface area (Å²) in [4.78, 5) is 2.15. The van der Waals surface area contributed by atoms with Gasteiger partial charge in [-0.15, -0.1) is 0 Å². The van der Waals surface area contributed by atoms with Crippen molar-refractivity contribution >= 4 is 27.2 Å². The molecule has 64 valence electrons. The highest BCUT2D eigenvalue weighted by Crippen LogP contribution is 2.15. The predicted molar refractivity (Wildman–Crippen MR) is 60.4 cm³/mol. The Bertz CT molecular complexity index is 292. The molecule has 0 aliphatic carbocycles. The SMILES string of the molecule is C=Cc1cccc([SiH3])c1N(C)C. The van der Waals surface area contributed by atoms with Crippen LogP contribution in [0.2, 0.25) is 0 Å². The van der Waals surface area contributed by atoms with E-state index in [1.165, 1.54) is 16.4 Å². The van der Waals surface area contributed by atoms with Crippen molar-refractivity contribution in [2.45, 2.75) is 0 Å². The normalized spacial score (nSPS) is 9.83. The largest absolute Gasteiger partial charge is 0.377 e. The van der Waals surface area contributed by atoms with Crippen molar-refractivity contribution in [3.63, 3.8) is 0 Å². The molecular weight excluding hydrogens is 162 g/mol. The van der Waals surface area contributed by atoms with Crippen LogP contribution in [0.5, 0.6) is 0 Å². The fraction of sp³-hybridized carbons (Fsp3) is 0.200. The zero-order valence-electron chi connectivity index (χ0n) is 7.96. The smallest absolute Gasteiger partial charge is 0.0416 e. The Morgan fingerprint density at radius 1 is 1.42 bits per heavy atom. The summed E-state index contributed by atoms with van der Waals surface area (Å²) >= 11 is 0. The molecule has 0 amide bonds. The lowest BCUT2D eigenvalue weighted by Gasteiger charge is -2.18. The summed E-state index contributed by atoms with van der Waals surface area (Å²) in [6.07, 6.45) is 1.91. The second-order valence-electron chi connectivity index (χ2n) is 3.11. The summed E-state index contributed by atoms with van der Waals surface area (Å²) in [6.45, 7) is 3.80. The molecule has 0 spiro atoms. The standard InChI is InChI=1S/C10H15NSi/c1-4-8-6-5-7-9(12)10(8)11(2)3/h4-7H,1H2,2-3,12H3. The highest BCUT2D eigenvalue weighted by atomic mass is 28.1. The van der Waals surface area contributed by atoms with Crippen LogP contribution in [0.1, 0.15) is 5.56 Å². The number of hydrogen-bond donors (Lipinski definition) is 0. The Morgan fingerprint density at radius 3 is 2.50 bits per heavy atom. The third-order valence-electron chi connectivity index (χ3n) is 1.94. The first-order valence-electron chi connectivity index (χ1n) is 4.06. The number of para-hydroxylation sites is 1. The molecule has 2 heteroatoms. The van der Waals surface area contributed by atoms with E-state index in [0.717, 1.165) is 10.2 Å². The fourth-order valence-corrected chi connectivity index (χ4v) is 2.39. The van der Waals surface area contributed by atoms with Gasteiger partial charge in [0.2, 0.25) is 0 Å². The van der Waals surface area contributed by atoms with Crippen LogP contribution in [0.3, 0.4) is 0 Å². The van der Waals surface area contributed by atoms with E-state index in [1.54, 1.807) is 0 Å². The van der Waals surface area contributed by atoms with Crippen molar-refractivity contribution in [3.8, 4) is 0 Å². The Labute approximate surface area is 77.1 Å². The quantitative estimate of drug-likeness (QED) is 0.591. The van der Waals surface area contributed by atoms with Gasteiger partial charge < -0.3 is 4.90 Å². The van der Waals surface area contributed by atoms with Crippen molar-refractivity contribution in [3.05, 3.63) is 30.3 Å². The third-order valence-corrected chi connectivity index (χ3v) is 2.74. The van der Waals surface area contributed by atoms with E-state index < -0.39 is 0 Å². The summed E-state index contributed by atoms with van der Waals surface area (Å²) in [6, 6.07) is 6.37. The molecule has 0 bridgehead atoms. The lowest BCUT2D eigenvalue weighted by molar-refractivity contribution is 1.14. The lowest BCUT2D eigenvalue weighted by Crippen LogP contribution is -2.20. The molecule has 0 N–H and O–H groups in total. The molecule has 0 heterocycles. The van der Waals surface area contributed by atoms with Gasteiger partial charge in [-0.25, -0.2) is 0 Å². The highest BCUT2D eigenvalue weighted by Gasteiger charge is 2.03. The molecule has 1 aromatic carbocycles. The second-order valence-corrected chi connectivity index (χ2v) is 4.19. The minimum absolute atomic E-state index is 1.09. The molecule has 0 fully saturated rings. The Balaban J connectivity index is 3.29. The first-order valence-corrected chi connectivity index (χ1v) is 5.06. The zero-order chi connectivity index (χ0) is 9.14. The summed E-state index contributed by atoms with van der Waals surface area (Å²) < 4.78 is 0. The highest BCUT2D eigenvalue weighted by molar-refractivity contribution is 6.36. The molecule has 0 aliphatic heterocycles. The molecule has 0 saturated carbocycles. The average molecular weight is 177 g/mol. The van der Waals surface area contributed by atoms with E-state index in [1.807, 2.05) is 6.08 Å². The molecule has 0 aromatic heterocycles.